The summed E-state index contributed by atoms with van der Waals surface area (Å²) in [6, 6.07) is 5.74. The highest BCUT2D eigenvalue weighted by molar-refractivity contribution is 5.97. The van der Waals surface area contributed by atoms with E-state index in [0.29, 0.717) is 38.3 Å². The Hall–Kier alpha value is -2.59. The van der Waals surface area contributed by atoms with Crippen LogP contribution in [0.25, 0.3) is 0 Å². The lowest BCUT2D eigenvalue weighted by atomic mass is 9.91. The van der Waals surface area contributed by atoms with Gasteiger partial charge in [-0.05, 0) is 49.6 Å². The van der Waals surface area contributed by atoms with Crippen molar-refractivity contribution in [3.8, 4) is 0 Å². The molecule has 2 aromatic rings. The molecule has 3 aliphatic rings. The summed E-state index contributed by atoms with van der Waals surface area (Å²) in [7, 11) is 0. The van der Waals surface area contributed by atoms with E-state index >= 15 is 0 Å². The molecule has 0 spiro atoms. The summed E-state index contributed by atoms with van der Waals surface area (Å²) < 4.78 is 27.7. The van der Waals surface area contributed by atoms with Crippen molar-refractivity contribution < 1.29 is 18.4 Å². The van der Waals surface area contributed by atoms with Gasteiger partial charge in [-0.2, -0.15) is 0 Å². The highest BCUT2D eigenvalue weighted by atomic mass is 35.5. The number of hydrogen-bond donors (Lipinski definition) is 1. The van der Waals surface area contributed by atoms with Crippen molar-refractivity contribution in [1.82, 2.24) is 20.1 Å². The second-order valence-corrected chi connectivity index (χ2v) is 12.0. The van der Waals surface area contributed by atoms with Gasteiger partial charge in [-0.3, -0.25) is 19.5 Å². The Bertz CT molecular complexity index is 1350. The van der Waals surface area contributed by atoms with Crippen LogP contribution in [-0.2, 0) is 21.4 Å². The lowest BCUT2D eigenvalue weighted by molar-refractivity contribution is -0.126. The average Bonchev–Trinajstić information content (AvgIpc) is 3.28. The van der Waals surface area contributed by atoms with Gasteiger partial charge in [0.2, 0.25) is 11.8 Å². The van der Waals surface area contributed by atoms with E-state index in [4.69, 9.17) is 0 Å². The number of benzene rings is 1. The van der Waals surface area contributed by atoms with Gasteiger partial charge >= 0.3 is 0 Å². The molecule has 3 aliphatic heterocycles. The molecule has 5 rings (SSSR count). The van der Waals surface area contributed by atoms with Gasteiger partial charge in [0.25, 0.3) is 0 Å². The van der Waals surface area contributed by atoms with Crippen molar-refractivity contribution in [3.05, 3.63) is 70.1 Å². The number of amides is 2. The normalized spacial score (nSPS) is 22.0. The number of rotatable bonds is 6. The molecule has 224 valence electrons. The molecule has 0 bridgehead atoms. The fraction of sp³-hybridized carbons (Fsp3) is 0.500. The van der Waals surface area contributed by atoms with E-state index in [9.17, 15) is 18.4 Å². The number of halogens is 4. The van der Waals surface area contributed by atoms with E-state index < -0.39 is 11.6 Å². The van der Waals surface area contributed by atoms with Crippen LogP contribution >= 0.6 is 24.8 Å². The monoisotopic (exact) mass is 609 g/mol. The predicted molar refractivity (Wildman–Crippen MR) is 161 cm³/mol. The highest BCUT2D eigenvalue weighted by Gasteiger charge is 2.41. The van der Waals surface area contributed by atoms with Crippen LogP contribution in [0.1, 0.15) is 51.4 Å². The van der Waals surface area contributed by atoms with Crippen LogP contribution < -0.4 is 10.2 Å². The molecular weight excluding hydrogens is 571 g/mol. The van der Waals surface area contributed by atoms with Gasteiger partial charge in [0.05, 0.1) is 17.9 Å². The first-order chi connectivity index (χ1) is 18.4. The van der Waals surface area contributed by atoms with Crippen LogP contribution in [-0.4, -0.2) is 78.0 Å². The summed E-state index contributed by atoms with van der Waals surface area (Å²) in [5.41, 5.74) is 4.30. The van der Waals surface area contributed by atoms with E-state index in [1.807, 2.05) is 24.8 Å². The fourth-order valence-electron chi connectivity index (χ4n) is 5.94. The Morgan fingerprint density at radius 3 is 2.56 bits per heavy atom. The molecule has 0 unspecified atom stereocenters. The van der Waals surface area contributed by atoms with Crippen molar-refractivity contribution in [1.29, 1.82) is 0 Å². The lowest BCUT2D eigenvalue weighted by Crippen LogP contribution is -2.61. The summed E-state index contributed by atoms with van der Waals surface area (Å²) >= 11 is 0. The van der Waals surface area contributed by atoms with Gasteiger partial charge in [0.1, 0.15) is 11.6 Å². The molecule has 1 saturated heterocycles. The Morgan fingerprint density at radius 1 is 1.17 bits per heavy atom. The Balaban J connectivity index is 0.00000231. The zero-order valence-electron chi connectivity index (χ0n) is 24.2. The van der Waals surface area contributed by atoms with Gasteiger partial charge in [-0.25, -0.2) is 8.78 Å². The van der Waals surface area contributed by atoms with E-state index in [1.54, 1.807) is 11.1 Å². The maximum absolute atomic E-state index is 14.3. The molecule has 11 heteroatoms. The molecule has 2 amide bonds. The van der Waals surface area contributed by atoms with Crippen LogP contribution in [0.2, 0.25) is 0 Å². The second kappa shape index (κ2) is 12.7. The number of aromatic nitrogens is 1. The minimum absolute atomic E-state index is 0. The quantitative estimate of drug-likeness (QED) is 0.530. The topological polar surface area (TPSA) is 68.8 Å². The molecule has 1 aromatic heterocycles. The number of hydrogen-bond acceptors (Lipinski definition) is 5. The lowest BCUT2D eigenvalue weighted by Gasteiger charge is -2.41. The molecule has 0 radical (unpaired) electrons. The Kier molecular flexibility index (Phi) is 10.2. The molecule has 1 fully saturated rings. The fourth-order valence-corrected chi connectivity index (χ4v) is 5.94. The standard InChI is InChI=1S/C30H37F2N5O2.2ClH/c1-18-13-36(29(39)20(18)3)15-24-12-33-19(2)14-35(24)16-27(38)37-17-30(4,5)28-26(37)9-21(11-34-28)8-22-6-7-23(31)10-25(22)32;;/h6-7,9-11,19,24,33H,8,12-17H2,1-5H3;2*1H/t19-,24-;;/m1../s1. The van der Waals surface area contributed by atoms with Crippen molar-refractivity contribution in [2.45, 2.75) is 58.5 Å². The zero-order chi connectivity index (χ0) is 28.1. The minimum Gasteiger partial charge on any atom is -0.333 e. The average molecular weight is 611 g/mol. The Morgan fingerprint density at radius 2 is 1.90 bits per heavy atom. The molecule has 2 atom stereocenters. The molecule has 1 aromatic carbocycles. The number of nitrogens with one attached hydrogen (secondary N) is 1. The van der Waals surface area contributed by atoms with E-state index in [0.717, 1.165) is 34.2 Å². The zero-order valence-corrected chi connectivity index (χ0v) is 25.8. The van der Waals surface area contributed by atoms with Crippen molar-refractivity contribution in [2.75, 3.05) is 44.2 Å². The van der Waals surface area contributed by atoms with Gasteiger partial charge in [0, 0.05) is 74.5 Å². The van der Waals surface area contributed by atoms with Crippen LogP contribution in [0.5, 0.6) is 0 Å². The maximum atomic E-state index is 14.3. The molecule has 0 saturated carbocycles. The summed E-state index contributed by atoms with van der Waals surface area (Å²) in [5, 5.41) is 3.50. The predicted octanol–water partition coefficient (Wildman–Crippen LogP) is 4.26. The minimum atomic E-state index is -0.613. The van der Waals surface area contributed by atoms with Gasteiger partial charge < -0.3 is 15.1 Å². The third kappa shape index (κ3) is 6.74. The van der Waals surface area contributed by atoms with Crippen LogP contribution in [0.3, 0.4) is 0 Å². The number of carbonyl (C=O) groups excluding carboxylic acids is 2. The Labute approximate surface area is 253 Å². The van der Waals surface area contributed by atoms with Crippen LogP contribution in [0, 0.1) is 11.6 Å². The van der Waals surface area contributed by atoms with Gasteiger partial charge in [-0.15, -0.1) is 24.8 Å². The SMILES string of the molecule is CC1=C(C)C(=O)N(C[C@H]2CN[C@H](C)CN2CC(=O)N2CC(C)(C)c3ncc(Cc4ccc(F)cc4F)cc32)C1.Cl.Cl. The number of nitrogens with zero attached hydrogens (tertiary/aromatic N) is 4. The third-order valence-corrected chi connectivity index (χ3v) is 8.29. The molecule has 7 nitrogen and oxygen atoms in total. The van der Waals surface area contributed by atoms with Crippen molar-refractivity contribution >= 4 is 42.3 Å². The van der Waals surface area contributed by atoms with E-state index in [-0.39, 0.29) is 67.1 Å². The van der Waals surface area contributed by atoms with Gasteiger partial charge in [-0.1, -0.05) is 19.9 Å². The highest BCUT2D eigenvalue weighted by Crippen LogP contribution is 2.40. The number of anilines is 1. The van der Waals surface area contributed by atoms with Crippen molar-refractivity contribution in [3.63, 3.8) is 0 Å². The summed E-state index contributed by atoms with van der Waals surface area (Å²) in [6.07, 6.45) is 1.97. The largest absolute Gasteiger partial charge is 0.333 e. The van der Waals surface area contributed by atoms with Crippen molar-refractivity contribution in [2.24, 2.45) is 0 Å². The smallest absolute Gasteiger partial charge is 0.249 e. The first-order valence-corrected chi connectivity index (χ1v) is 13.6. The summed E-state index contributed by atoms with van der Waals surface area (Å²) in [4.78, 5) is 37.1. The van der Waals surface area contributed by atoms with Gasteiger partial charge in [0.15, 0.2) is 0 Å². The summed E-state index contributed by atoms with van der Waals surface area (Å²) in [6.45, 7) is 13.4. The molecule has 1 N–H and O–H groups in total. The second-order valence-electron chi connectivity index (χ2n) is 12.0. The number of piperazine rings is 1. The summed E-state index contributed by atoms with van der Waals surface area (Å²) in [5.74, 6) is -1.16. The number of fused-ring (bicyclic) bond motifs is 1. The van der Waals surface area contributed by atoms with Crippen LogP contribution in [0.4, 0.5) is 14.5 Å². The maximum Gasteiger partial charge on any atom is 0.249 e. The third-order valence-electron chi connectivity index (χ3n) is 8.29. The molecule has 41 heavy (non-hydrogen) atoms. The van der Waals surface area contributed by atoms with E-state index in [1.165, 1.54) is 12.1 Å². The first-order valence-electron chi connectivity index (χ1n) is 13.6. The molecule has 0 aliphatic carbocycles. The first kappa shape index (κ1) is 32.9. The number of pyridine rings is 1. The van der Waals surface area contributed by atoms with Crippen LogP contribution in [0.15, 0.2) is 41.6 Å². The number of carbonyl (C=O) groups is 2. The molecule has 4 heterocycles. The van der Waals surface area contributed by atoms with E-state index in [2.05, 4.69) is 36.0 Å². The molecular formula is C30H39Cl2F2N5O2.